The van der Waals surface area contributed by atoms with Crippen LogP contribution in [0.1, 0.15) is 22.3 Å². The normalized spacial score (nSPS) is 17.8. The fraction of sp³-hybridized carbons (Fsp3) is 0.412. The van der Waals surface area contributed by atoms with E-state index in [9.17, 15) is 13.9 Å². The Kier molecular flexibility index (Phi) is 4.37. The molecular formula is C17H19F2N5OS. The lowest BCUT2D eigenvalue weighted by atomic mass is 10.0. The van der Waals surface area contributed by atoms with Crippen LogP contribution < -0.4 is 0 Å². The highest BCUT2D eigenvalue weighted by Gasteiger charge is 2.31. The van der Waals surface area contributed by atoms with Crippen LogP contribution in [0.5, 0.6) is 5.88 Å². The molecule has 0 amide bonds. The molecule has 3 heterocycles. The molecule has 0 spiro atoms. The lowest BCUT2D eigenvalue weighted by Crippen LogP contribution is -2.46. The van der Waals surface area contributed by atoms with Crippen LogP contribution in [0.25, 0.3) is 4.96 Å². The number of hydrogen-bond donors (Lipinski definition) is 1. The summed E-state index contributed by atoms with van der Waals surface area (Å²) in [5, 5.41) is 14.9. The number of piperazine rings is 1. The minimum absolute atomic E-state index is 0.000684. The SMILES string of the molecule is Cc1nc2sc([C@@H](c3ccc(F)c(F)c3)N3CCN(C)CC3)c(O)n2n1. The van der Waals surface area contributed by atoms with Gasteiger partial charge in [0.05, 0.1) is 10.9 Å². The topological polar surface area (TPSA) is 56.9 Å². The molecule has 0 aliphatic carbocycles. The van der Waals surface area contributed by atoms with Gasteiger partial charge in [0.15, 0.2) is 11.6 Å². The first kappa shape index (κ1) is 17.3. The van der Waals surface area contributed by atoms with Gasteiger partial charge in [0.2, 0.25) is 10.8 Å². The van der Waals surface area contributed by atoms with E-state index in [2.05, 4.69) is 19.9 Å². The van der Waals surface area contributed by atoms with Gasteiger partial charge in [-0.1, -0.05) is 17.4 Å². The monoisotopic (exact) mass is 379 g/mol. The number of fused-ring (bicyclic) bond motifs is 1. The zero-order chi connectivity index (χ0) is 18.4. The van der Waals surface area contributed by atoms with Gasteiger partial charge in [-0.15, -0.1) is 5.10 Å². The van der Waals surface area contributed by atoms with E-state index in [4.69, 9.17) is 0 Å². The first-order valence-corrected chi connectivity index (χ1v) is 9.18. The number of hydrogen-bond acceptors (Lipinski definition) is 6. The maximum absolute atomic E-state index is 13.9. The van der Waals surface area contributed by atoms with Gasteiger partial charge < -0.3 is 10.0 Å². The molecule has 138 valence electrons. The van der Waals surface area contributed by atoms with Crippen LogP contribution >= 0.6 is 11.3 Å². The molecule has 0 bridgehead atoms. The number of aromatic hydroxyl groups is 1. The van der Waals surface area contributed by atoms with Crippen molar-refractivity contribution in [2.24, 2.45) is 0 Å². The smallest absolute Gasteiger partial charge is 0.230 e. The Balaban J connectivity index is 1.82. The van der Waals surface area contributed by atoms with Gasteiger partial charge >= 0.3 is 0 Å². The highest BCUT2D eigenvalue weighted by molar-refractivity contribution is 7.17. The Hall–Kier alpha value is -2.10. The molecule has 9 heteroatoms. The molecule has 1 aliphatic heterocycles. The van der Waals surface area contributed by atoms with Crippen LogP contribution in [0.3, 0.4) is 0 Å². The van der Waals surface area contributed by atoms with E-state index in [1.54, 1.807) is 13.0 Å². The first-order chi connectivity index (χ1) is 12.4. The van der Waals surface area contributed by atoms with Crippen LogP contribution in [-0.4, -0.2) is 62.7 Å². The molecule has 1 saturated heterocycles. The maximum atomic E-state index is 13.9. The Morgan fingerprint density at radius 1 is 1.15 bits per heavy atom. The van der Waals surface area contributed by atoms with Gasteiger partial charge in [-0.3, -0.25) is 4.90 Å². The predicted octanol–water partition coefficient (Wildman–Crippen LogP) is 2.42. The van der Waals surface area contributed by atoms with Gasteiger partial charge in [-0.2, -0.15) is 4.52 Å². The van der Waals surface area contributed by atoms with Crippen molar-refractivity contribution in [3.05, 3.63) is 46.1 Å². The van der Waals surface area contributed by atoms with Crippen LogP contribution in [0.15, 0.2) is 18.2 Å². The second-order valence-electron chi connectivity index (χ2n) is 6.56. The Morgan fingerprint density at radius 3 is 2.54 bits per heavy atom. The molecule has 4 rings (SSSR count). The minimum Gasteiger partial charge on any atom is -0.492 e. The summed E-state index contributed by atoms with van der Waals surface area (Å²) in [6, 6.07) is 3.53. The molecule has 1 fully saturated rings. The van der Waals surface area contributed by atoms with Crippen LogP contribution in [-0.2, 0) is 0 Å². The Bertz CT molecular complexity index is 948. The van der Waals surface area contributed by atoms with Gasteiger partial charge in [0, 0.05) is 26.2 Å². The predicted molar refractivity (Wildman–Crippen MR) is 94.5 cm³/mol. The second kappa shape index (κ2) is 6.57. The number of halogens is 2. The molecule has 2 aromatic heterocycles. The third-order valence-electron chi connectivity index (χ3n) is 4.72. The lowest BCUT2D eigenvalue weighted by molar-refractivity contribution is 0.127. The largest absolute Gasteiger partial charge is 0.492 e. The summed E-state index contributed by atoms with van der Waals surface area (Å²) in [7, 11) is 2.05. The quantitative estimate of drug-likeness (QED) is 0.758. The van der Waals surface area contributed by atoms with Crippen LogP contribution in [0.4, 0.5) is 8.78 Å². The number of benzene rings is 1. The highest BCUT2D eigenvalue weighted by atomic mass is 32.1. The van der Waals surface area contributed by atoms with Gasteiger partial charge in [-0.25, -0.2) is 13.8 Å². The van der Waals surface area contributed by atoms with E-state index in [1.807, 2.05) is 7.05 Å². The van der Waals surface area contributed by atoms with E-state index in [1.165, 1.54) is 21.9 Å². The highest BCUT2D eigenvalue weighted by Crippen LogP contribution is 2.40. The number of nitrogens with zero attached hydrogens (tertiary/aromatic N) is 5. The zero-order valence-electron chi connectivity index (χ0n) is 14.5. The molecule has 1 N–H and O–H groups in total. The van der Waals surface area contributed by atoms with Crippen molar-refractivity contribution in [2.45, 2.75) is 13.0 Å². The van der Waals surface area contributed by atoms with Crippen molar-refractivity contribution >= 4 is 16.3 Å². The first-order valence-electron chi connectivity index (χ1n) is 8.36. The van der Waals surface area contributed by atoms with E-state index in [0.29, 0.717) is 21.2 Å². The van der Waals surface area contributed by atoms with Gasteiger partial charge in [0.25, 0.3) is 0 Å². The van der Waals surface area contributed by atoms with Crippen LogP contribution in [0, 0.1) is 18.6 Å². The second-order valence-corrected chi connectivity index (χ2v) is 7.57. The molecule has 0 saturated carbocycles. The molecule has 1 atom stereocenters. The number of aromatic nitrogens is 3. The third-order valence-corrected chi connectivity index (χ3v) is 5.79. The molecule has 0 unspecified atom stereocenters. The van der Waals surface area contributed by atoms with Gasteiger partial charge in [0.1, 0.15) is 5.82 Å². The standard InChI is InChI=1S/C17H19F2N5OS/c1-10-20-17-24(21-10)16(25)15(26-17)14(23-7-5-22(2)6-8-23)11-3-4-12(18)13(19)9-11/h3-4,9,14,25H,5-8H2,1-2H3/t14-/m1/s1. The summed E-state index contributed by atoms with van der Waals surface area (Å²) in [5.74, 6) is -1.20. The van der Waals surface area contributed by atoms with Gasteiger partial charge in [-0.05, 0) is 31.7 Å². The molecule has 3 aromatic rings. The van der Waals surface area contributed by atoms with Crippen molar-refractivity contribution < 1.29 is 13.9 Å². The molecule has 0 radical (unpaired) electrons. The van der Waals surface area contributed by atoms with E-state index in [-0.39, 0.29) is 11.9 Å². The van der Waals surface area contributed by atoms with Crippen molar-refractivity contribution in [3.8, 4) is 5.88 Å². The van der Waals surface area contributed by atoms with E-state index < -0.39 is 11.6 Å². The molecule has 1 aromatic carbocycles. The molecule has 1 aliphatic rings. The summed E-state index contributed by atoms with van der Waals surface area (Å²) in [5.41, 5.74) is 0.602. The maximum Gasteiger partial charge on any atom is 0.230 e. The minimum atomic E-state index is -0.892. The summed E-state index contributed by atoms with van der Waals surface area (Å²) >= 11 is 1.32. The Morgan fingerprint density at radius 2 is 1.88 bits per heavy atom. The molecule has 26 heavy (non-hydrogen) atoms. The average molecular weight is 379 g/mol. The number of aryl methyl sites for hydroxylation is 1. The number of likely N-dealkylation sites (N-methyl/N-ethyl adjacent to an activating group) is 1. The fourth-order valence-corrected chi connectivity index (χ4v) is 4.48. The number of rotatable bonds is 3. The lowest BCUT2D eigenvalue weighted by Gasteiger charge is -2.37. The average Bonchev–Trinajstić information content (AvgIpc) is 3.11. The molecular weight excluding hydrogens is 360 g/mol. The van der Waals surface area contributed by atoms with Crippen LogP contribution in [0.2, 0.25) is 0 Å². The summed E-state index contributed by atoms with van der Waals surface area (Å²) in [4.78, 5) is 9.91. The molecule has 6 nitrogen and oxygen atoms in total. The van der Waals surface area contributed by atoms with Crippen molar-refractivity contribution in [3.63, 3.8) is 0 Å². The summed E-state index contributed by atoms with van der Waals surface area (Å²) in [6.45, 7) is 4.99. The Labute approximate surface area is 153 Å². The summed E-state index contributed by atoms with van der Waals surface area (Å²) in [6.07, 6.45) is 0. The summed E-state index contributed by atoms with van der Waals surface area (Å²) < 4.78 is 28.7. The fourth-order valence-electron chi connectivity index (χ4n) is 3.32. The third kappa shape index (κ3) is 2.95. The van der Waals surface area contributed by atoms with Crippen molar-refractivity contribution in [1.29, 1.82) is 0 Å². The van der Waals surface area contributed by atoms with Crippen molar-refractivity contribution in [1.82, 2.24) is 24.4 Å². The van der Waals surface area contributed by atoms with E-state index >= 15 is 0 Å². The van der Waals surface area contributed by atoms with Crippen molar-refractivity contribution in [2.75, 3.05) is 33.2 Å². The van der Waals surface area contributed by atoms with E-state index in [0.717, 1.165) is 32.2 Å². The zero-order valence-corrected chi connectivity index (χ0v) is 15.3. The number of thiazole rings is 1.